The minimum atomic E-state index is -0.424. The number of thiocarbonyl (C=S) groups is 1. The van der Waals surface area contributed by atoms with Crippen LogP contribution in [0.1, 0.15) is 16.1 Å². The lowest BCUT2D eigenvalue weighted by molar-refractivity contribution is 0.0918. The topological polar surface area (TPSA) is 80.3 Å². The van der Waals surface area contributed by atoms with Gasteiger partial charge >= 0.3 is 5.91 Å². The molecule has 0 aliphatic rings. The molecule has 0 bridgehead atoms. The SMILES string of the molecule is Cc1ccc2oc(C(=O)NNC(N)=S)cc2c1. The van der Waals surface area contributed by atoms with Gasteiger partial charge in [0.05, 0.1) is 0 Å². The van der Waals surface area contributed by atoms with Crippen LogP contribution in [-0.4, -0.2) is 11.0 Å². The number of hydrogen-bond acceptors (Lipinski definition) is 3. The summed E-state index contributed by atoms with van der Waals surface area (Å²) in [6, 6.07) is 7.35. The molecule has 0 spiro atoms. The van der Waals surface area contributed by atoms with E-state index in [1.807, 2.05) is 25.1 Å². The van der Waals surface area contributed by atoms with Gasteiger partial charge in [0, 0.05) is 5.39 Å². The fraction of sp³-hybridized carbons (Fsp3) is 0.0909. The van der Waals surface area contributed by atoms with Crippen molar-refractivity contribution in [1.82, 2.24) is 10.9 Å². The third-order valence-corrected chi connectivity index (χ3v) is 2.30. The Morgan fingerprint density at radius 2 is 2.12 bits per heavy atom. The van der Waals surface area contributed by atoms with Gasteiger partial charge in [-0.25, -0.2) is 0 Å². The second-order valence-electron chi connectivity index (χ2n) is 3.60. The number of rotatable bonds is 1. The molecule has 0 unspecified atom stereocenters. The highest BCUT2D eigenvalue weighted by Crippen LogP contribution is 2.20. The lowest BCUT2D eigenvalue weighted by Gasteiger charge is -2.02. The third-order valence-electron chi connectivity index (χ3n) is 2.19. The van der Waals surface area contributed by atoms with E-state index in [2.05, 4.69) is 23.1 Å². The molecular formula is C11H11N3O2S. The zero-order valence-electron chi connectivity index (χ0n) is 9.11. The maximum Gasteiger partial charge on any atom is 0.305 e. The first-order valence-electron chi connectivity index (χ1n) is 4.92. The summed E-state index contributed by atoms with van der Waals surface area (Å²) in [5.74, 6) is -0.221. The van der Waals surface area contributed by atoms with Gasteiger partial charge < -0.3 is 10.2 Å². The molecule has 88 valence electrons. The standard InChI is InChI=1S/C11H11N3O2S/c1-6-2-3-8-7(4-6)5-9(16-8)10(15)13-14-11(12)17/h2-5H,1H3,(H,13,15)(H3,12,14,17). The zero-order chi connectivity index (χ0) is 12.4. The van der Waals surface area contributed by atoms with E-state index < -0.39 is 5.91 Å². The summed E-state index contributed by atoms with van der Waals surface area (Å²) in [5, 5.41) is 0.871. The van der Waals surface area contributed by atoms with Crippen molar-refractivity contribution in [1.29, 1.82) is 0 Å². The molecule has 1 heterocycles. The van der Waals surface area contributed by atoms with E-state index in [0.717, 1.165) is 10.9 Å². The Morgan fingerprint density at radius 1 is 1.35 bits per heavy atom. The number of amides is 1. The largest absolute Gasteiger partial charge is 0.451 e. The van der Waals surface area contributed by atoms with E-state index >= 15 is 0 Å². The number of carbonyl (C=O) groups excluding carboxylic acids is 1. The Morgan fingerprint density at radius 3 is 2.82 bits per heavy atom. The number of furan rings is 1. The van der Waals surface area contributed by atoms with E-state index in [-0.39, 0.29) is 10.9 Å². The highest BCUT2D eigenvalue weighted by molar-refractivity contribution is 7.80. The minimum absolute atomic E-state index is 0.00898. The molecule has 0 radical (unpaired) electrons. The van der Waals surface area contributed by atoms with Crippen molar-refractivity contribution >= 4 is 34.2 Å². The van der Waals surface area contributed by atoms with Crippen LogP contribution in [-0.2, 0) is 0 Å². The molecule has 6 heteroatoms. The van der Waals surface area contributed by atoms with Gasteiger partial charge in [0.2, 0.25) is 0 Å². The Bertz CT molecular complexity index is 591. The van der Waals surface area contributed by atoms with Crippen molar-refractivity contribution in [2.24, 2.45) is 5.73 Å². The van der Waals surface area contributed by atoms with Crippen LogP contribution in [0.5, 0.6) is 0 Å². The first-order chi connectivity index (χ1) is 8.06. The molecule has 1 amide bonds. The van der Waals surface area contributed by atoms with Gasteiger partial charge in [-0.05, 0) is 37.3 Å². The predicted octanol–water partition coefficient (Wildman–Crippen LogP) is 1.22. The van der Waals surface area contributed by atoms with Crippen LogP contribution in [0.4, 0.5) is 0 Å². The van der Waals surface area contributed by atoms with Gasteiger partial charge in [-0.15, -0.1) is 0 Å². The quantitative estimate of drug-likeness (QED) is 0.523. The lowest BCUT2D eigenvalue weighted by atomic mass is 10.2. The zero-order valence-corrected chi connectivity index (χ0v) is 9.93. The lowest BCUT2D eigenvalue weighted by Crippen LogP contribution is -2.44. The molecule has 2 rings (SSSR count). The molecule has 0 aliphatic carbocycles. The predicted molar refractivity (Wildman–Crippen MR) is 68.3 cm³/mol. The maximum absolute atomic E-state index is 11.6. The summed E-state index contributed by atoms with van der Waals surface area (Å²) < 4.78 is 5.38. The van der Waals surface area contributed by atoms with Gasteiger partial charge in [-0.2, -0.15) is 0 Å². The molecule has 0 aliphatic heterocycles. The summed E-state index contributed by atoms with van der Waals surface area (Å²) in [6.07, 6.45) is 0. The highest BCUT2D eigenvalue weighted by atomic mass is 32.1. The van der Waals surface area contributed by atoms with Crippen LogP contribution in [0.25, 0.3) is 11.0 Å². The molecule has 0 saturated carbocycles. The van der Waals surface area contributed by atoms with E-state index in [1.165, 1.54) is 0 Å². The van der Waals surface area contributed by atoms with Gasteiger partial charge in [-0.1, -0.05) is 11.6 Å². The first-order valence-corrected chi connectivity index (χ1v) is 5.33. The smallest absolute Gasteiger partial charge is 0.305 e. The Hall–Kier alpha value is -2.08. The number of hydrazine groups is 1. The van der Waals surface area contributed by atoms with Crippen molar-refractivity contribution < 1.29 is 9.21 Å². The molecule has 4 N–H and O–H groups in total. The Labute approximate surface area is 103 Å². The van der Waals surface area contributed by atoms with Crippen LogP contribution in [0.15, 0.2) is 28.7 Å². The van der Waals surface area contributed by atoms with Crippen LogP contribution in [0.3, 0.4) is 0 Å². The molecule has 0 saturated heterocycles. The van der Waals surface area contributed by atoms with Gasteiger partial charge in [-0.3, -0.25) is 15.6 Å². The number of aryl methyl sites for hydroxylation is 1. The van der Waals surface area contributed by atoms with Crippen molar-refractivity contribution in [3.8, 4) is 0 Å². The minimum Gasteiger partial charge on any atom is -0.451 e. The number of carbonyl (C=O) groups is 1. The second-order valence-corrected chi connectivity index (χ2v) is 4.04. The highest BCUT2D eigenvalue weighted by Gasteiger charge is 2.11. The molecule has 1 aromatic heterocycles. The summed E-state index contributed by atoms with van der Waals surface area (Å²) in [7, 11) is 0. The van der Waals surface area contributed by atoms with Crippen LogP contribution in [0.2, 0.25) is 0 Å². The van der Waals surface area contributed by atoms with E-state index in [4.69, 9.17) is 10.2 Å². The number of nitrogens with two attached hydrogens (primary N) is 1. The number of hydrogen-bond donors (Lipinski definition) is 3. The van der Waals surface area contributed by atoms with Crippen molar-refractivity contribution in [3.05, 3.63) is 35.6 Å². The summed E-state index contributed by atoms with van der Waals surface area (Å²) >= 11 is 4.57. The van der Waals surface area contributed by atoms with Gasteiger partial charge in [0.25, 0.3) is 0 Å². The molecule has 2 aromatic rings. The van der Waals surface area contributed by atoms with E-state index in [1.54, 1.807) is 6.07 Å². The number of benzene rings is 1. The molecule has 1 aromatic carbocycles. The molecule has 5 nitrogen and oxygen atoms in total. The summed E-state index contributed by atoms with van der Waals surface area (Å²) in [4.78, 5) is 11.6. The normalized spacial score (nSPS) is 10.2. The number of nitrogens with one attached hydrogen (secondary N) is 2. The second kappa shape index (κ2) is 4.42. The average molecular weight is 249 g/mol. The maximum atomic E-state index is 11.6. The van der Waals surface area contributed by atoms with Crippen LogP contribution in [0, 0.1) is 6.92 Å². The summed E-state index contributed by atoms with van der Waals surface area (Å²) in [5.41, 5.74) is 11.6. The first kappa shape index (κ1) is 11.4. The van der Waals surface area contributed by atoms with E-state index in [9.17, 15) is 4.79 Å². The van der Waals surface area contributed by atoms with E-state index in [0.29, 0.717) is 5.58 Å². The fourth-order valence-corrected chi connectivity index (χ4v) is 1.51. The monoisotopic (exact) mass is 249 g/mol. The van der Waals surface area contributed by atoms with Gasteiger partial charge in [0.1, 0.15) is 5.58 Å². The van der Waals surface area contributed by atoms with Crippen molar-refractivity contribution in [2.45, 2.75) is 6.92 Å². The number of fused-ring (bicyclic) bond motifs is 1. The van der Waals surface area contributed by atoms with Crippen molar-refractivity contribution in [3.63, 3.8) is 0 Å². The molecule has 17 heavy (non-hydrogen) atoms. The Kier molecular flexibility index (Phi) is 2.97. The third kappa shape index (κ3) is 2.54. The van der Waals surface area contributed by atoms with Crippen LogP contribution < -0.4 is 16.6 Å². The summed E-state index contributed by atoms with van der Waals surface area (Å²) in [6.45, 7) is 1.97. The Balaban J connectivity index is 2.24. The molecule has 0 fully saturated rings. The average Bonchev–Trinajstić information content (AvgIpc) is 2.68. The van der Waals surface area contributed by atoms with Crippen molar-refractivity contribution in [2.75, 3.05) is 0 Å². The molecular weight excluding hydrogens is 238 g/mol. The van der Waals surface area contributed by atoms with Gasteiger partial charge in [0.15, 0.2) is 10.9 Å². The fourth-order valence-electron chi connectivity index (χ4n) is 1.45. The van der Waals surface area contributed by atoms with Crippen LogP contribution >= 0.6 is 12.2 Å². The molecule has 0 atom stereocenters.